The average Bonchev–Trinajstić information content (AvgIpc) is 3.46. The Hall–Kier alpha value is -2.42. The van der Waals surface area contributed by atoms with Crippen LogP contribution in [0.25, 0.3) is 0 Å². The smallest absolute Gasteiger partial charge is 0.269 e. The Morgan fingerprint density at radius 1 is 0.972 bits per heavy atom. The van der Waals surface area contributed by atoms with Crippen LogP contribution < -0.4 is 9.80 Å². The number of fused-ring (bicyclic) bond motifs is 1. The first-order valence-corrected chi connectivity index (χ1v) is 14.7. The summed E-state index contributed by atoms with van der Waals surface area (Å²) in [5.41, 5.74) is 3.28. The summed E-state index contributed by atoms with van der Waals surface area (Å²) in [7, 11) is 0. The maximum Gasteiger partial charge on any atom is 0.269 e. The van der Waals surface area contributed by atoms with Crippen LogP contribution in [0.2, 0.25) is 0 Å². The molecule has 0 radical (unpaired) electrons. The zero-order valence-electron chi connectivity index (χ0n) is 20.7. The Kier molecular flexibility index (Phi) is 7.00. The third-order valence-corrected chi connectivity index (χ3v) is 9.68. The number of carbonyl (C=O) groups excluding carboxylic acids is 1. The molecule has 0 spiro atoms. The summed E-state index contributed by atoms with van der Waals surface area (Å²) in [6.45, 7) is 6.35. The normalized spacial score (nSPS) is 24.2. The Morgan fingerprint density at radius 3 is 2.47 bits per heavy atom. The lowest BCUT2D eigenvalue weighted by molar-refractivity contribution is -0.124. The second kappa shape index (κ2) is 10.5. The van der Waals surface area contributed by atoms with Crippen molar-refractivity contribution < 1.29 is 9.53 Å². The van der Waals surface area contributed by atoms with E-state index >= 15 is 0 Å². The van der Waals surface area contributed by atoms with Crippen molar-refractivity contribution in [3.8, 4) is 0 Å². The van der Waals surface area contributed by atoms with E-state index in [-0.39, 0.29) is 11.9 Å². The van der Waals surface area contributed by atoms with Gasteiger partial charge in [0.05, 0.1) is 24.6 Å². The molecule has 1 amide bonds. The number of nitrogens with zero attached hydrogens (tertiary/aromatic N) is 4. The van der Waals surface area contributed by atoms with Crippen LogP contribution >= 0.6 is 23.5 Å². The number of para-hydroxylation sites is 1. The first-order valence-electron chi connectivity index (χ1n) is 13.0. The largest absolute Gasteiger partial charge is 0.378 e. The van der Waals surface area contributed by atoms with E-state index in [1.54, 1.807) is 23.5 Å². The molecule has 4 aliphatic rings. The number of morpholine rings is 1. The summed E-state index contributed by atoms with van der Waals surface area (Å²) in [6, 6.07) is 17.1. The number of hydrogen-bond donors (Lipinski definition) is 0. The number of thioether (sulfide) groups is 2. The molecule has 3 heterocycles. The third-order valence-electron chi connectivity index (χ3n) is 7.32. The van der Waals surface area contributed by atoms with Gasteiger partial charge in [-0.05, 0) is 67.9 Å². The minimum Gasteiger partial charge on any atom is -0.378 e. The molecule has 2 aromatic carbocycles. The minimum absolute atomic E-state index is 0.115. The van der Waals surface area contributed by atoms with Gasteiger partial charge in [0.1, 0.15) is 9.93 Å². The molecule has 0 bridgehead atoms. The zero-order valence-corrected chi connectivity index (χ0v) is 22.3. The van der Waals surface area contributed by atoms with Crippen LogP contribution in [-0.2, 0) is 9.53 Å². The molecule has 2 saturated heterocycles. The summed E-state index contributed by atoms with van der Waals surface area (Å²) < 4.78 is 5.49. The topological polar surface area (TPSA) is 48.4 Å². The Balaban J connectivity index is 1.34. The van der Waals surface area contributed by atoms with E-state index in [4.69, 9.17) is 9.73 Å². The van der Waals surface area contributed by atoms with Gasteiger partial charge in [-0.25, -0.2) is 4.99 Å². The van der Waals surface area contributed by atoms with Gasteiger partial charge in [0, 0.05) is 36.3 Å². The fourth-order valence-corrected chi connectivity index (χ4v) is 7.89. The van der Waals surface area contributed by atoms with Gasteiger partial charge in [0.2, 0.25) is 0 Å². The molecule has 6 rings (SSSR count). The quantitative estimate of drug-likeness (QED) is 0.446. The lowest BCUT2D eigenvalue weighted by Gasteiger charge is -2.30. The van der Waals surface area contributed by atoms with Crippen LogP contribution in [0.3, 0.4) is 0 Å². The van der Waals surface area contributed by atoms with Gasteiger partial charge in [-0.15, -0.1) is 0 Å². The minimum atomic E-state index is 0.115. The average molecular weight is 521 g/mol. The number of rotatable bonds is 4. The van der Waals surface area contributed by atoms with Crippen molar-refractivity contribution in [1.29, 1.82) is 0 Å². The fourth-order valence-electron chi connectivity index (χ4n) is 5.44. The molecule has 0 unspecified atom stereocenters. The van der Waals surface area contributed by atoms with Gasteiger partial charge in [-0.1, -0.05) is 43.2 Å². The molecular formula is C28H32N4O2S2. The van der Waals surface area contributed by atoms with Crippen LogP contribution in [0.5, 0.6) is 0 Å². The highest BCUT2D eigenvalue weighted by Crippen LogP contribution is 2.51. The van der Waals surface area contributed by atoms with Crippen molar-refractivity contribution in [3.05, 3.63) is 58.5 Å². The number of hydrogen-bond acceptors (Lipinski definition) is 7. The van der Waals surface area contributed by atoms with Crippen LogP contribution in [0, 0.1) is 0 Å². The maximum absolute atomic E-state index is 14.0. The summed E-state index contributed by atoms with van der Waals surface area (Å²) in [5.74, 6) is 0.115. The van der Waals surface area contributed by atoms with E-state index in [0.717, 1.165) is 66.5 Å². The molecule has 1 saturated carbocycles. The molecule has 0 atom stereocenters. The second-order valence-corrected chi connectivity index (χ2v) is 11.5. The van der Waals surface area contributed by atoms with Gasteiger partial charge in [0.15, 0.2) is 5.17 Å². The number of ether oxygens (including phenoxy) is 1. The van der Waals surface area contributed by atoms with E-state index < -0.39 is 0 Å². The van der Waals surface area contributed by atoms with Crippen molar-refractivity contribution in [2.75, 3.05) is 42.6 Å². The predicted octanol–water partition coefficient (Wildman–Crippen LogP) is 6.22. The molecule has 188 valence electrons. The van der Waals surface area contributed by atoms with Crippen molar-refractivity contribution in [2.45, 2.75) is 50.0 Å². The monoisotopic (exact) mass is 520 g/mol. The first kappa shape index (κ1) is 23.9. The number of carbonyl (C=O) groups is 1. The summed E-state index contributed by atoms with van der Waals surface area (Å²) in [4.78, 5) is 27.7. The van der Waals surface area contributed by atoms with Crippen molar-refractivity contribution >= 4 is 51.7 Å². The molecule has 0 aromatic heterocycles. The number of amidine groups is 1. The molecule has 8 heteroatoms. The molecule has 6 nitrogen and oxygen atoms in total. The molecule has 1 aliphatic carbocycles. The van der Waals surface area contributed by atoms with E-state index in [2.05, 4.69) is 65.3 Å². The van der Waals surface area contributed by atoms with Crippen LogP contribution in [0.1, 0.15) is 39.0 Å². The van der Waals surface area contributed by atoms with Crippen LogP contribution in [-0.4, -0.2) is 54.9 Å². The number of benzene rings is 2. The van der Waals surface area contributed by atoms with Crippen LogP contribution in [0.15, 0.2) is 68.4 Å². The maximum atomic E-state index is 14.0. The zero-order chi connectivity index (χ0) is 24.5. The van der Waals surface area contributed by atoms with Crippen molar-refractivity contribution in [2.24, 2.45) is 4.99 Å². The number of amides is 1. The molecule has 0 N–H and O–H groups in total. The Morgan fingerprint density at radius 2 is 1.72 bits per heavy atom. The van der Waals surface area contributed by atoms with Crippen molar-refractivity contribution in [3.63, 3.8) is 0 Å². The lowest BCUT2D eigenvalue weighted by atomic mass is 9.94. The SMILES string of the molecule is CCN1/C(=C2/SC(=Nc3ccc(N4CCOCC4)cc3)N(C3CCCCC3)C2=O)Sc2ccccc21. The number of aliphatic imine (C=N–C) groups is 1. The Bertz CT molecular complexity index is 1180. The highest BCUT2D eigenvalue weighted by molar-refractivity contribution is 8.19. The summed E-state index contributed by atoms with van der Waals surface area (Å²) in [6.07, 6.45) is 5.70. The second-order valence-electron chi connectivity index (χ2n) is 9.53. The van der Waals surface area contributed by atoms with E-state index in [1.807, 2.05) is 4.90 Å². The molecule has 3 aliphatic heterocycles. The van der Waals surface area contributed by atoms with E-state index in [1.165, 1.54) is 35.5 Å². The van der Waals surface area contributed by atoms with Gasteiger partial charge < -0.3 is 14.5 Å². The highest BCUT2D eigenvalue weighted by atomic mass is 32.2. The van der Waals surface area contributed by atoms with E-state index in [0.29, 0.717) is 0 Å². The van der Waals surface area contributed by atoms with Gasteiger partial charge in [-0.2, -0.15) is 0 Å². The standard InChI is InChI=1S/C28H32N4O2S2/c1-2-31-23-10-6-7-11-24(23)35-27(31)25-26(33)32(22-8-4-3-5-9-22)28(36-25)29-20-12-14-21(15-13-20)30-16-18-34-19-17-30/h6-7,10-15,22H,2-5,8-9,16-19H2,1H3/b27-25-,29-28?. The summed E-state index contributed by atoms with van der Waals surface area (Å²) >= 11 is 3.26. The van der Waals surface area contributed by atoms with Crippen LogP contribution in [0.4, 0.5) is 17.1 Å². The van der Waals surface area contributed by atoms with Gasteiger partial charge >= 0.3 is 0 Å². The molecule has 2 aromatic rings. The third kappa shape index (κ3) is 4.55. The first-order chi connectivity index (χ1) is 17.7. The predicted molar refractivity (Wildman–Crippen MR) is 150 cm³/mol. The van der Waals surface area contributed by atoms with Gasteiger partial charge in [-0.3, -0.25) is 9.69 Å². The van der Waals surface area contributed by atoms with Gasteiger partial charge in [0.25, 0.3) is 5.91 Å². The molecule has 3 fully saturated rings. The highest BCUT2D eigenvalue weighted by Gasteiger charge is 2.42. The summed E-state index contributed by atoms with van der Waals surface area (Å²) in [5, 5.41) is 1.86. The number of anilines is 2. The van der Waals surface area contributed by atoms with E-state index in [9.17, 15) is 4.79 Å². The molecule has 36 heavy (non-hydrogen) atoms. The Labute approximate surface area is 221 Å². The fraction of sp³-hybridized carbons (Fsp3) is 0.429. The molecular weight excluding hydrogens is 488 g/mol. The lowest BCUT2D eigenvalue weighted by Crippen LogP contribution is -2.40. The van der Waals surface area contributed by atoms with Crippen molar-refractivity contribution in [1.82, 2.24) is 4.90 Å².